The summed E-state index contributed by atoms with van der Waals surface area (Å²) in [6, 6.07) is 15.9. The molecule has 0 spiro atoms. The largest absolute Gasteiger partial charge is 0.497 e. The zero-order chi connectivity index (χ0) is 21.8. The second kappa shape index (κ2) is 8.91. The predicted octanol–water partition coefficient (Wildman–Crippen LogP) is 5.04. The summed E-state index contributed by atoms with van der Waals surface area (Å²) in [5.41, 5.74) is 1.05. The zero-order valence-electron chi connectivity index (χ0n) is 16.5. The van der Waals surface area contributed by atoms with Crippen molar-refractivity contribution in [2.45, 2.75) is 16.3 Å². The summed E-state index contributed by atoms with van der Waals surface area (Å²) in [4.78, 5) is 4.90. The van der Waals surface area contributed by atoms with Gasteiger partial charge in [0.2, 0.25) is 26.6 Å². The van der Waals surface area contributed by atoms with Gasteiger partial charge in [0, 0.05) is 6.54 Å². The lowest BCUT2D eigenvalue weighted by Crippen LogP contribution is -2.10. The molecule has 2 aromatic carbocycles. The Kier molecular flexibility index (Phi) is 6.06. The number of nitrogens with one attached hydrogen (secondary N) is 1. The first kappa shape index (κ1) is 21.1. The summed E-state index contributed by atoms with van der Waals surface area (Å²) in [6.45, 7) is 0.428. The van der Waals surface area contributed by atoms with Crippen LogP contribution in [0.3, 0.4) is 0 Å². The van der Waals surface area contributed by atoms with Gasteiger partial charge < -0.3 is 14.5 Å². The fourth-order valence-corrected chi connectivity index (χ4v) is 4.87. The van der Waals surface area contributed by atoms with E-state index >= 15 is 0 Å². The lowest BCUT2D eigenvalue weighted by atomic mass is 10.1. The highest BCUT2D eigenvalue weighted by molar-refractivity contribution is 7.91. The van der Waals surface area contributed by atoms with E-state index in [1.807, 2.05) is 35.7 Å². The molecule has 0 aliphatic rings. The third kappa shape index (κ3) is 4.62. The highest BCUT2D eigenvalue weighted by Gasteiger charge is 2.28. The third-order valence-electron chi connectivity index (χ3n) is 4.56. The Balaban J connectivity index is 1.61. The number of sulfone groups is 1. The number of anilines is 1. The minimum Gasteiger partial charge on any atom is -0.497 e. The Morgan fingerprint density at radius 2 is 1.84 bits per heavy atom. The van der Waals surface area contributed by atoms with Crippen molar-refractivity contribution in [3.63, 3.8) is 0 Å². The Labute approximate surface area is 183 Å². The van der Waals surface area contributed by atoms with E-state index in [1.165, 1.54) is 23.5 Å². The van der Waals surface area contributed by atoms with Crippen molar-refractivity contribution >= 4 is 27.1 Å². The van der Waals surface area contributed by atoms with E-state index in [1.54, 1.807) is 13.2 Å². The number of thiophene rings is 1. The predicted molar refractivity (Wildman–Crippen MR) is 117 cm³/mol. The Hall–Kier alpha value is -3.17. The molecule has 0 aliphatic carbocycles. The summed E-state index contributed by atoms with van der Waals surface area (Å²) >= 11 is 1.39. The molecule has 4 aromatic rings. The van der Waals surface area contributed by atoms with Crippen LogP contribution in [0.25, 0.3) is 10.8 Å². The van der Waals surface area contributed by atoms with Crippen LogP contribution in [0.1, 0.15) is 5.56 Å². The quantitative estimate of drug-likeness (QED) is 0.373. The lowest BCUT2D eigenvalue weighted by molar-refractivity contribution is 0.414. The van der Waals surface area contributed by atoms with Crippen molar-refractivity contribution in [2.75, 3.05) is 19.0 Å². The molecule has 2 aromatic heterocycles. The van der Waals surface area contributed by atoms with Gasteiger partial charge in [0.15, 0.2) is 0 Å². The van der Waals surface area contributed by atoms with Crippen LogP contribution in [0.15, 0.2) is 80.4 Å². The fraction of sp³-hybridized carbons (Fsp3) is 0.136. The second-order valence-electron chi connectivity index (χ2n) is 6.61. The molecule has 160 valence electrons. The van der Waals surface area contributed by atoms with Crippen LogP contribution in [0, 0.1) is 5.82 Å². The summed E-state index contributed by atoms with van der Waals surface area (Å²) < 4.78 is 50.5. The molecule has 0 bridgehead atoms. The van der Waals surface area contributed by atoms with Crippen molar-refractivity contribution in [1.29, 1.82) is 0 Å². The molecule has 0 radical (unpaired) electrons. The number of oxazole rings is 1. The Morgan fingerprint density at radius 3 is 2.48 bits per heavy atom. The molecule has 0 atom stereocenters. The van der Waals surface area contributed by atoms with E-state index in [0.717, 1.165) is 23.4 Å². The standard InChI is InChI=1S/C22H19FN2O4S2/c1-28-17-8-4-15(5-9-17)12-13-24-21-22(25-20(29-21)19-3-2-14-30-19)31(26,27)18-10-6-16(23)7-11-18/h2-11,14,24H,12-13H2,1H3. The number of hydrogen-bond donors (Lipinski definition) is 1. The van der Waals surface area contributed by atoms with Crippen LogP contribution in [-0.4, -0.2) is 27.1 Å². The van der Waals surface area contributed by atoms with E-state index < -0.39 is 15.7 Å². The van der Waals surface area contributed by atoms with E-state index in [-0.39, 0.29) is 21.7 Å². The molecule has 0 amide bonds. The molecular weight excluding hydrogens is 439 g/mol. The second-order valence-corrected chi connectivity index (χ2v) is 9.43. The fourth-order valence-electron chi connectivity index (χ4n) is 2.94. The highest BCUT2D eigenvalue weighted by Crippen LogP contribution is 2.34. The van der Waals surface area contributed by atoms with E-state index in [2.05, 4.69) is 10.3 Å². The molecule has 9 heteroatoms. The number of aromatic nitrogens is 1. The number of benzene rings is 2. The van der Waals surface area contributed by atoms with Gasteiger partial charge in [0.1, 0.15) is 11.6 Å². The summed E-state index contributed by atoms with van der Waals surface area (Å²) in [5, 5.41) is 4.68. The first-order valence-corrected chi connectivity index (χ1v) is 11.8. The van der Waals surface area contributed by atoms with E-state index in [9.17, 15) is 12.8 Å². The average molecular weight is 459 g/mol. The van der Waals surface area contributed by atoms with Crippen LogP contribution in [-0.2, 0) is 16.3 Å². The minimum absolute atomic E-state index is 0.0567. The topological polar surface area (TPSA) is 81.4 Å². The highest BCUT2D eigenvalue weighted by atomic mass is 32.2. The number of hydrogen-bond acceptors (Lipinski definition) is 7. The van der Waals surface area contributed by atoms with Gasteiger partial charge >= 0.3 is 0 Å². The van der Waals surface area contributed by atoms with Gasteiger partial charge in [-0.25, -0.2) is 12.8 Å². The molecule has 0 fully saturated rings. The first-order chi connectivity index (χ1) is 15.0. The number of rotatable bonds is 8. The lowest BCUT2D eigenvalue weighted by Gasteiger charge is -2.07. The summed E-state index contributed by atoms with van der Waals surface area (Å²) in [6.07, 6.45) is 0.634. The molecule has 2 heterocycles. The van der Waals surface area contributed by atoms with E-state index in [0.29, 0.717) is 17.8 Å². The number of methoxy groups -OCH3 is 1. The molecule has 0 aliphatic heterocycles. The SMILES string of the molecule is COc1ccc(CCNc2oc(-c3cccs3)nc2S(=O)(=O)c2ccc(F)cc2)cc1. The van der Waals surface area contributed by atoms with Gasteiger partial charge in [0.25, 0.3) is 0 Å². The normalized spacial score (nSPS) is 11.4. The van der Waals surface area contributed by atoms with Crippen LogP contribution >= 0.6 is 11.3 Å². The third-order valence-corrected chi connectivity index (χ3v) is 7.10. The average Bonchev–Trinajstić information content (AvgIpc) is 3.45. The smallest absolute Gasteiger partial charge is 0.240 e. The van der Waals surface area contributed by atoms with Crippen LogP contribution in [0.2, 0.25) is 0 Å². The molecule has 0 saturated carbocycles. The van der Waals surface area contributed by atoms with Gasteiger partial charge in [-0.2, -0.15) is 4.98 Å². The van der Waals surface area contributed by atoms with Crippen molar-refractivity contribution in [2.24, 2.45) is 0 Å². The van der Waals surface area contributed by atoms with Gasteiger partial charge in [0.05, 0.1) is 16.9 Å². The van der Waals surface area contributed by atoms with Crippen molar-refractivity contribution in [3.05, 3.63) is 77.4 Å². The maximum Gasteiger partial charge on any atom is 0.240 e. The minimum atomic E-state index is -4.01. The molecule has 0 unspecified atom stereocenters. The van der Waals surface area contributed by atoms with Crippen molar-refractivity contribution in [3.8, 4) is 16.5 Å². The van der Waals surface area contributed by atoms with Crippen LogP contribution < -0.4 is 10.1 Å². The van der Waals surface area contributed by atoms with Gasteiger partial charge in [-0.05, 0) is 59.8 Å². The maximum absolute atomic E-state index is 13.3. The summed E-state index contributed by atoms with van der Waals surface area (Å²) in [5.74, 6) is 0.514. The Morgan fingerprint density at radius 1 is 1.10 bits per heavy atom. The first-order valence-electron chi connectivity index (χ1n) is 9.39. The number of nitrogens with zero attached hydrogens (tertiary/aromatic N) is 1. The Bertz CT molecular complexity index is 1250. The van der Waals surface area contributed by atoms with Crippen LogP contribution in [0.4, 0.5) is 10.3 Å². The van der Waals surface area contributed by atoms with Crippen LogP contribution in [0.5, 0.6) is 5.75 Å². The molecule has 6 nitrogen and oxygen atoms in total. The number of halogens is 1. The molecular formula is C22H19FN2O4S2. The zero-order valence-corrected chi connectivity index (χ0v) is 18.2. The van der Waals surface area contributed by atoms with Gasteiger partial charge in [-0.1, -0.05) is 18.2 Å². The summed E-state index contributed by atoms with van der Waals surface area (Å²) in [7, 11) is -2.40. The van der Waals surface area contributed by atoms with Gasteiger partial charge in [-0.3, -0.25) is 0 Å². The van der Waals surface area contributed by atoms with E-state index in [4.69, 9.17) is 9.15 Å². The number of ether oxygens (including phenoxy) is 1. The van der Waals surface area contributed by atoms with Crippen molar-refractivity contribution < 1.29 is 22.0 Å². The monoisotopic (exact) mass is 458 g/mol. The molecule has 4 rings (SSSR count). The maximum atomic E-state index is 13.3. The van der Waals surface area contributed by atoms with Gasteiger partial charge in [-0.15, -0.1) is 11.3 Å². The van der Waals surface area contributed by atoms with Crippen molar-refractivity contribution in [1.82, 2.24) is 4.98 Å². The molecule has 1 N–H and O–H groups in total. The molecule has 31 heavy (non-hydrogen) atoms. The molecule has 0 saturated heterocycles.